The maximum absolute atomic E-state index is 13.5. The molecule has 1 aromatic carbocycles. The van der Waals surface area contributed by atoms with Gasteiger partial charge in [0.15, 0.2) is 5.76 Å². The molecule has 2 N–H and O–H groups in total. The molecule has 2 aromatic rings. The van der Waals surface area contributed by atoms with Gasteiger partial charge in [-0.1, -0.05) is 30.6 Å². The van der Waals surface area contributed by atoms with Crippen LogP contribution in [-0.2, 0) is 0 Å². The second-order valence-electron chi connectivity index (χ2n) is 3.99. The molecular formula is C13H15FN2O. The lowest BCUT2D eigenvalue weighted by Gasteiger charge is -2.03. The van der Waals surface area contributed by atoms with E-state index in [1.54, 1.807) is 24.3 Å². The second kappa shape index (κ2) is 5.10. The van der Waals surface area contributed by atoms with Gasteiger partial charge < -0.3 is 10.3 Å². The smallest absolute Gasteiger partial charge is 0.154 e. The fourth-order valence-electron chi connectivity index (χ4n) is 1.71. The van der Waals surface area contributed by atoms with Crippen LogP contribution in [0.1, 0.15) is 31.6 Å². The normalized spacial score (nSPS) is 12.6. The minimum atomic E-state index is -0.309. The van der Waals surface area contributed by atoms with E-state index in [9.17, 15) is 4.39 Å². The predicted octanol–water partition coefficient (Wildman–Crippen LogP) is 3.28. The van der Waals surface area contributed by atoms with Crippen LogP contribution in [0.2, 0.25) is 0 Å². The van der Waals surface area contributed by atoms with Crippen molar-refractivity contribution >= 4 is 0 Å². The number of hydrogen-bond donors (Lipinski definition) is 1. The van der Waals surface area contributed by atoms with Crippen molar-refractivity contribution in [3.05, 3.63) is 41.9 Å². The Morgan fingerprint density at radius 2 is 2.18 bits per heavy atom. The first-order valence-corrected chi connectivity index (χ1v) is 5.69. The summed E-state index contributed by atoms with van der Waals surface area (Å²) in [5.41, 5.74) is 6.83. The zero-order valence-electron chi connectivity index (χ0n) is 9.69. The molecule has 4 heteroatoms. The van der Waals surface area contributed by atoms with Gasteiger partial charge in [-0.15, -0.1) is 0 Å². The van der Waals surface area contributed by atoms with Crippen LogP contribution in [0.15, 0.2) is 34.9 Å². The van der Waals surface area contributed by atoms with Gasteiger partial charge >= 0.3 is 0 Å². The number of halogens is 1. The van der Waals surface area contributed by atoms with Crippen molar-refractivity contribution in [1.82, 2.24) is 5.16 Å². The fourth-order valence-corrected chi connectivity index (χ4v) is 1.71. The van der Waals surface area contributed by atoms with Crippen molar-refractivity contribution < 1.29 is 8.91 Å². The first kappa shape index (κ1) is 11.8. The molecule has 0 saturated heterocycles. The van der Waals surface area contributed by atoms with E-state index < -0.39 is 0 Å². The van der Waals surface area contributed by atoms with E-state index in [4.69, 9.17) is 10.3 Å². The Morgan fingerprint density at radius 3 is 2.88 bits per heavy atom. The van der Waals surface area contributed by atoms with Gasteiger partial charge in [-0.2, -0.15) is 0 Å². The lowest BCUT2D eigenvalue weighted by Crippen LogP contribution is -2.08. The molecule has 3 nitrogen and oxygen atoms in total. The molecule has 1 aromatic heterocycles. The zero-order valence-corrected chi connectivity index (χ0v) is 9.69. The SMILES string of the molecule is CCCC(N)c1cc(-c2ccccc2F)no1. The number of benzene rings is 1. The van der Waals surface area contributed by atoms with E-state index in [-0.39, 0.29) is 11.9 Å². The van der Waals surface area contributed by atoms with Crippen LogP contribution < -0.4 is 5.73 Å². The van der Waals surface area contributed by atoms with Crippen LogP contribution in [-0.4, -0.2) is 5.16 Å². The number of nitrogens with two attached hydrogens (primary N) is 1. The minimum Gasteiger partial charge on any atom is -0.359 e. The maximum Gasteiger partial charge on any atom is 0.154 e. The van der Waals surface area contributed by atoms with Gasteiger partial charge in [0.25, 0.3) is 0 Å². The van der Waals surface area contributed by atoms with Crippen LogP contribution in [0.5, 0.6) is 0 Å². The molecule has 0 bridgehead atoms. The first-order valence-electron chi connectivity index (χ1n) is 5.69. The molecule has 0 aliphatic heterocycles. The summed E-state index contributed by atoms with van der Waals surface area (Å²) in [6.07, 6.45) is 1.79. The van der Waals surface area contributed by atoms with Crippen molar-refractivity contribution in [1.29, 1.82) is 0 Å². The van der Waals surface area contributed by atoms with E-state index in [1.165, 1.54) is 6.07 Å². The Hall–Kier alpha value is -1.68. The van der Waals surface area contributed by atoms with Gasteiger partial charge in [-0.05, 0) is 18.6 Å². The van der Waals surface area contributed by atoms with E-state index in [0.717, 1.165) is 12.8 Å². The van der Waals surface area contributed by atoms with Crippen molar-refractivity contribution in [2.24, 2.45) is 5.73 Å². The number of nitrogens with zero attached hydrogens (tertiary/aromatic N) is 1. The summed E-state index contributed by atoms with van der Waals surface area (Å²) in [5, 5.41) is 3.86. The number of rotatable bonds is 4. The quantitative estimate of drug-likeness (QED) is 0.883. The Bertz CT molecular complexity index is 496. The lowest BCUT2D eigenvalue weighted by molar-refractivity contribution is 0.356. The summed E-state index contributed by atoms with van der Waals surface area (Å²) >= 11 is 0. The highest BCUT2D eigenvalue weighted by molar-refractivity contribution is 5.59. The third-order valence-electron chi connectivity index (χ3n) is 2.64. The number of aromatic nitrogens is 1. The van der Waals surface area contributed by atoms with Gasteiger partial charge in [0.1, 0.15) is 11.5 Å². The monoisotopic (exact) mass is 234 g/mol. The third-order valence-corrected chi connectivity index (χ3v) is 2.64. The average Bonchev–Trinajstić information content (AvgIpc) is 2.79. The summed E-state index contributed by atoms with van der Waals surface area (Å²) in [5.74, 6) is 0.293. The summed E-state index contributed by atoms with van der Waals surface area (Å²) in [4.78, 5) is 0. The van der Waals surface area contributed by atoms with E-state index in [2.05, 4.69) is 5.16 Å². The molecule has 0 fully saturated rings. The molecule has 2 rings (SSSR count). The highest BCUT2D eigenvalue weighted by Gasteiger charge is 2.14. The molecule has 0 spiro atoms. The van der Waals surface area contributed by atoms with Crippen molar-refractivity contribution in [3.63, 3.8) is 0 Å². The molecule has 0 amide bonds. The highest BCUT2D eigenvalue weighted by Crippen LogP contribution is 2.25. The lowest BCUT2D eigenvalue weighted by atomic mass is 10.1. The predicted molar refractivity (Wildman–Crippen MR) is 63.7 cm³/mol. The Kier molecular flexibility index (Phi) is 3.54. The topological polar surface area (TPSA) is 52.0 Å². The third kappa shape index (κ3) is 2.53. The van der Waals surface area contributed by atoms with Gasteiger partial charge in [0.2, 0.25) is 0 Å². The molecule has 1 heterocycles. The van der Waals surface area contributed by atoms with Crippen LogP contribution in [0, 0.1) is 5.82 Å². The van der Waals surface area contributed by atoms with E-state index in [1.807, 2.05) is 6.92 Å². The zero-order chi connectivity index (χ0) is 12.3. The summed E-state index contributed by atoms with van der Waals surface area (Å²) in [6, 6.07) is 8.01. The van der Waals surface area contributed by atoms with Gasteiger partial charge in [0.05, 0.1) is 6.04 Å². The standard InChI is InChI=1S/C13H15FN2O/c1-2-5-11(15)13-8-12(16-17-13)9-6-3-4-7-10(9)14/h3-4,6-8,11H,2,5,15H2,1H3. The highest BCUT2D eigenvalue weighted by atomic mass is 19.1. The molecule has 0 aliphatic carbocycles. The minimum absolute atomic E-state index is 0.173. The van der Waals surface area contributed by atoms with Crippen molar-refractivity contribution in [3.8, 4) is 11.3 Å². The molecule has 1 atom stereocenters. The molecular weight excluding hydrogens is 219 g/mol. The Morgan fingerprint density at radius 1 is 1.41 bits per heavy atom. The van der Waals surface area contributed by atoms with Crippen LogP contribution in [0.3, 0.4) is 0 Å². The van der Waals surface area contributed by atoms with Crippen LogP contribution in [0.4, 0.5) is 4.39 Å². The summed E-state index contributed by atoms with van der Waals surface area (Å²) in [6.45, 7) is 2.05. The average molecular weight is 234 g/mol. The Balaban J connectivity index is 2.27. The molecule has 0 saturated carbocycles. The molecule has 17 heavy (non-hydrogen) atoms. The maximum atomic E-state index is 13.5. The second-order valence-corrected chi connectivity index (χ2v) is 3.99. The van der Waals surface area contributed by atoms with Crippen LogP contribution >= 0.6 is 0 Å². The van der Waals surface area contributed by atoms with Crippen molar-refractivity contribution in [2.45, 2.75) is 25.8 Å². The van der Waals surface area contributed by atoms with Gasteiger partial charge in [0, 0.05) is 11.6 Å². The van der Waals surface area contributed by atoms with E-state index in [0.29, 0.717) is 17.0 Å². The molecule has 1 unspecified atom stereocenters. The summed E-state index contributed by atoms with van der Waals surface area (Å²) in [7, 11) is 0. The Labute approximate surface area is 99.4 Å². The largest absolute Gasteiger partial charge is 0.359 e. The van der Waals surface area contributed by atoms with Gasteiger partial charge in [-0.25, -0.2) is 4.39 Å². The first-order chi connectivity index (χ1) is 8.22. The van der Waals surface area contributed by atoms with Gasteiger partial charge in [-0.3, -0.25) is 0 Å². The fraction of sp³-hybridized carbons (Fsp3) is 0.308. The van der Waals surface area contributed by atoms with Crippen LogP contribution in [0.25, 0.3) is 11.3 Å². The van der Waals surface area contributed by atoms with E-state index >= 15 is 0 Å². The number of hydrogen-bond acceptors (Lipinski definition) is 3. The molecule has 90 valence electrons. The summed E-state index contributed by atoms with van der Waals surface area (Å²) < 4.78 is 18.7. The molecule has 0 radical (unpaired) electrons. The van der Waals surface area contributed by atoms with Crippen molar-refractivity contribution in [2.75, 3.05) is 0 Å². The molecule has 0 aliphatic rings.